The van der Waals surface area contributed by atoms with Crippen LogP contribution in [0.15, 0.2) is 77.8 Å². The molecule has 1 heterocycles. The molecule has 6 nitrogen and oxygen atoms in total. The zero-order valence-corrected chi connectivity index (χ0v) is 13.9. The monoisotopic (exact) mass is 350 g/mol. The first kappa shape index (κ1) is 16.5. The van der Waals surface area contributed by atoms with Crippen molar-refractivity contribution in [2.45, 2.75) is 4.90 Å². The Bertz CT molecular complexity index is 1010. The van der Waals surface area contributed by atoms with Gasteiger partial charge in [-0.3, -0.25) is 4.72 Å². The number of nitrogens with zero attached hydrogens (tertiary/aromatic N) is 2. The number of sulfonamides is 1. The summed E-state index contributed by atoms with van der Waals surface area (Å²) in [4.78, 5) is 4.27. The topological polar surface area (TPSA) is 94.9 Å². The molecule has 0 bridgehead atoms. The van der Waals surface area contributed by atoms with E-state index in [0.717, 1.165) is 5.69 Å². The van der Waals surface area contributed by atoms with E-state index in [1.165, 1.54) is 24.3 Å². The first-order valence-electron chi connectivity index (χ1n) is 7.38. The molecule has 0 aliphatic carbocycles. The number of benzene rings is 2. The van der Waals surface area contributed by atoms with Gasteiger partial charge in [-0.1, -0.05) is 18.2 Å². The fourth-order valence-corrected chi connectivity index (χ4v) is 3.22. The molecule has 0 saturated carbocycles. The maximum absolute atomic E-state index is 12.6. The molecule has 0 aliphatic rings. The zero-order chi connectivity index (χ0) is 17.7. The highest BCUT2D eigenvalue weighted by Gasteiger charge is 2.16. The Hall–Kier alpha value is -3.37. The van der Waals surface area contributed by atoms with Crippen LogP contribution in [0.3, 0.4) is 0 Å². The van der Waals surface area contributed by atoms with Gasteiger partial charge in [-0.05, 0) is 48.5 Å². The quantitative estimate of drug-likeness (QED) is 0.734. The standard InChI is InChI=1S/C18H14N4O2S/c19-13-14-8-10-16(11-9-14)25(23,24)22-17-7-4-12-20-18(17)21-15-5-2-1-3-6-15/h1-12,22H,(H,20,21). The molecule has 0 aliphatic heterocycles. The van der Waals surface area contributed by atoms with Crippen molar-refractivity contribution in [1.29, 1.82) is 5.26 Å². The van der Waals surface area contributed by atoms with Crippen molar-refractivity contribution >= 4 is 27.2 Å². The Morgan fingerprint density at radius 1 is 0.920 bits per heavy atom. The van der Waals surface area contributed by atoms with Crippen LogP contribution in [0.1, 0.15) is 5.56 Å². The van der Waals surface area contributed by atoms with Crippen molar-refractivity contribution in [2.24, 2.45) is 0 Å². The van der Waals surface area contributed by atoms with E-state index in [-0.39, 0.29) is 4.90 Å². The molecule has 0 saturated heterocycles. The predicted molar refractivity (Wildman–Crippen MR) is 95.9 cm³/mol. The summed E-state index contributed by atoms with van der Waals surface area (Å²) in [5.41, 5.74) is 1.52. The van der Waals surface area contributed by atoms with E-state index in [1.54, 1.807) is 18.3 Å². The van der Waals surface area contributed by atoms with Crippen molar-refractivity contribution in [2.75, 3.05) is 10.0 Å². The summed E-state index contributed by atoms with van der Waals surface area (Å²) < 4.78 is 27.6. The third-order valence-electron chi connectivity index (χ3n) is 3.38. The van der Waals surface area contributed by atoms with Crippen LogP contribution in [-0.2, 0) is 10.0 Å². The van der Waals surface area contributed by atoms with Gasteiger partial charge in [0.05, 0.1) is 22.2 Å². The van der Waals surface area contributed by atoms with Gasteiger partial charge in [0.15, 0.2) is 5.82 Å². The highest BCUT2D eigenvalue weighted by atomic mass is 32.2. The number of anilines is 3. The Labute approximate surface area is 145 Å². The Morgan fingerprint density at radius 3 is 2.32 bits per heavy atom. The summed E-state index contributed by atoms with van der Waals surface area (Å²) >= 11 is 0. The highest BCUT2D eigenvalue weighted by molar-refractivity contribution is 7.92. The van der Waals surface area contributed by atoms with Crippen LogP contribution in [0, 0.1) is 11.3 Å². The molecule has 0 atom stereocenters. The SMILES string of the molecule is N#Cc1ccc(S(=O)(=O)Nc2cccnc2Nc2ccccc2)cc1. The van der Waals surface area contributed by atoms with Crippen LogP contribution in [0.25, 0.3) is 0 Å². The summed E-state index contributed by atoms with van der Waals surface area (Å²) in [5, 5.41) is 11.9. The molecule has 3 rings (SSSR count). The van der Waals surface area contributed by atoms with E-state index in [2.05, 4.69) is 15.0 Å². The highest BCUT2D eigenvalue weighted by Crippen LogP contribution is 2.25. The summed E-state index contributed by atoms with van der Waals surface area (Å²) in [7, 11) is -3.79. The van der Waals surface area contributed by atoms with Gasteiger partial charge in [-0.25, -0.2) is 13.4 Å². The summed E-state index contributed by atoms with van der Waals surface area (Å²) in [6, 6.07) is 20.3. The van der Waals surface area contributed by atoms with Crippen LogP contribution in [-0.4, -0.2) is 13.4 Å². The Balaban J connectivity index is 1.88. The summed E-state index contributed by atoms with van der Waals surface area (Å²) in [6.07, 6.45) is 1.57. The van der Waals surface area contributed by atoms with E-state index >= 15 is 0 Å². The molecule has 2 N–H and O–H groups in total. The van der Waals surface area contributed by atoms with Gasteiger partial charge in [0.2, 0.25) is 0 Å². The second kappa shape index (κ2) is 7.03. The Morgan fingerprint density at radius 2 is 1.64 bits per heavy atom. The lowest BCUT2D eigenvalue weighted by molar-refractivity contribution is 0.601. The minimum atomic E-state index is -3.79. The number of nitriles is 1. The van der Waals surface area contributed by atoms with Crippen molar-refractivity contribution < 1.29 is 8.42 Å². The first-order valence-corrected chi connectivity index (χ1v) is 8.87. The molecule has 124 valence electrons. The van der Waals surface area contributed by atoms with Gasteiger partial charge < -0.3 is 5.32 Å². The fraction of sp³-hybridized carbons (Fsp3) is 0. The fourth-order valence-electron chi connectivity index (χ4n) is 2.16. The largest absolute Gasteiger partial charge is 0.338 e. The van der Waals surface area contributed by atoms with Crippen molar-refractivity contribution in [3.63, 3.8) is 0 Å². The van der Waals surface area contributed by atoms with Gasteiger partial charge in [-0.15, -0.1) is 0 Å². The zero-order valence-electron chi connectivity index (χ0n) is 13.0. The number of aromatic nitrogens is 1. The molecule has 0 amide bonds. The van der Waals surface area contributed by atoms with E-state index in [9.17, 15) is 8.42 Å². The van der Waals surface area contributed by atoms with Crippen LogP contribution in [0.2, 0.25) is 0 Å². The second-order valence-electron chi connectivity index (χ2n) is 5.13. The van der Waals surface area contributed by atoms with Crippen LogP contribution >= 0.6 is 0 Å². The van der Waals surface area contributed by atoms with E-state index in [4.69, 9.17) is 5.26 Å². The van der Waals surface area contributed by atoms with Gasteiger partial charge in [0, 0.05) is 11.9 Å². The number of hydrogen-bond donors (Lipinski definition) is 2. The van der Waals surface area contributed by atoms with E-state index in [0.29, 0.717) is 17.1 Å². The molecule has 0 radical (unpaired) electrons. The molecule has 3 aromatic rings. The first-order chi connectivity index (χ1) is 12.1. The summed E-state index contributed by atoms with van der Waals surface area (Å²) in [5.74, 6) is 0.394. The second-order valence-corrected chi connectivity index (χ2v) is 6.81. The van der Waals surface area contributed by atoms with Crippen molar-refractivity contribution in [3.05, 3.63) is 78.5 Å². The molecule has 7 heteroatoms. The number of nitrogens with one attached hydrogen (secondary N) is 2. The normalized spacial score (nSPS) is 10.7. The molecular weight excluding hydrogens is 336 g/mol. The minimum absolute atomic E-state index is 0.0704. The third-order valence-corrected chi connectivity index (χ3v) is 4.76. The molecular formula is C18H14N4O2S. The number of hydrogen-bond acceptors (Lipinski definition) is 5. The van der Waals surface area contributed by atoms with Gasteiger partial charge in [0.25, 0.3) is 10.0 Å². The molecule has 25 heavy (non-hydrogen) atoms. The molecule has 2 aromatic carbocycles. The minimum Gasteiger partial charge on any atom is -0.338 e. The lowest BCUT2D eigenvalue weighted by Crippen LogP contribution is -2.14. The maximum Gasteiger partial charge on any atom is 0.262 e. The third kappa shape index (κ3) is 3.94. The van der Waals surface area contributed by atoms with Gasteiger partial charge >= 0.3 is 0 Å². The lowest BCUT2D eigenvalue weighted by Gasteiger charge is -2.13. The van der Waals surface area contributed by atoms with Crippen LogP contribution in [0.5, 0.6) is 0 Å². The van der Waals surface area contributed by atoms with Crippen molar-refractivity contribution in [3.8, 4) is 6.07 Å². The molecule has 0 spiro atoms. The average molecular weight is 350 g/mol. The molecule has 0 unspecified atom stereocenters. The smallest absolute Gasteiger partial charge is 0.262 e. The average Bonchev–Trinajstić information content (AvgIpc) is 2.64. The van der Waals surface area contributed by atoms with Crippen LogP contribution < -0.4 is 10.0 Å². The predicted octanol–water partition coefficient (Wildman–Crippen LogP) is 3.50. The van der Waals surface area contributed by atoms with E-state index < -0.39 is 10.0 Å². The maximum atomic E-state index is 12.6. The van der Waals surface area contributed by atoms with Gasteiger partial charge in [-0.2, -0.15) is 5.26 Å². The number of rotatable bonds is 5. The van der Waals surface area contributed by atoms with Crippen LogP contribution in [0.4, 0.5) is 17.2 Å². The molecule has 0 fully saturated rings. The number of pyridine rings is 1. The number of para-hydroxylation sites is 1. The van der Waals surface area contributed by atoms with E-state index in [1.807, 2.05) is 36.4 Å². The Kier molecular flexibility index (Phi) is 4.64. The van der Waals surface area contributed by atoms with Gasteiger partial charge in [0.1, 0.15) is 0 Å². The lowest BCUT2D eigenvalue weighted by atomic mass is 10.2. The van der Waals surface area contributed by atoms with Crippen molar-refractivity contribution in [1.82, 2.24) is 4.98 Å². The molecule has 1 aromatic heterocycles. The summed E-state index contributed by atoms with van der Waals surface area (Å²) in [6.45, 7) is 0.